The van der Waals surface area contributed by atoms with Crippen molar-refractivity contribution in [3.63, 3.8) is 0 Å². The first-order valence-corrected chi connectivity index (χ1v) is 11.7. The van der Waals surface area contributed by atoms with Crippen molar-refractivity contribution in [3.8, 4) is 0 Å². The molecule has 0 saturated carbocycles. The van der Waals surface area contributed by atoms with Gasteiger partial charge in [0.15, 0.2) is 0 Å². The number of halogens is 4. The second-order valence-corrected chi connectivity index (χ2v) is 8.64. The van der Waals surface area contributed by atoms with Crippen LogP contribution in [0.15, 0.2) is 59.1 Å². The SMILES string of the molecule is O=C(CCN(CCc1ccccc1)C(=O)c1cccc(Br)c1)N1CCNCC1.O=C(O)C(F)(F)F. The average Bonchev–Trinajstić information content (AvgIpc) is 2.84. The van der Waals surface area contributed by atoms with Gasteiger partial charge in [0.05, 0.1) is 0 Å². The Balaban J connectivity index is 0.000000540. The number of aliphatic carboxylic acids is 1. The van der Waals surface area contributed by atoms with Crippen LogP contribution < -0.4 is 5.32 Å². The van der Waals surface area contributed by atoms with E-state index in [4.69, 9.17) is 9.90 Å². The fraction of sp³-hybridized carbons (Fsp3) is 0.375. The van der Waals surface area contributed by atoms with Crippen molar-refractivity contribution in [1.29, 1.82) is 0 Å². The van der Waals surface area contributed by atoms with Gasteiger partial charge in [0, 0.05) is 55.7 Å². The van der Waals surface area contributed by atoms with Gasteiger partial charge in [0.2, 0.25) is 5.91 Å². The molecular weight excluding hydrogens is 531 g/mol. The minimum atomic E-state index is -5.08. The third-order valence-corrected chi connectivity index (χ3v) is 5.67. The number of carbonyl (C=O) groups is 3. The highest BCUT2D eigenvalue weighted by Crippen LogP contribution is 2.15. The summed E-state index contributed by atoms with van der Waals surface area (Å²) in [7, 11) is 0. The van der Waals surface area contributed by atoms with Crippen molar-refractivity contribution in [1.82, 2.24) is 15.1 Å². The summed E-state index contributed by atoms with van der Waals surface area (Å²) in [6.45, 7) is 4.16. The summed E-state index contributed by atoms with van der Waals surface area (Å²) < 4.78 is 32.6. The maximum absolute atomic E-state index is 13.1. The molecule has 7 nitrogen and oxygen atoms in total. The molecule has 1 fully saturated rings. The fourth-order valence-electron chi connectivity index (χ4n) is 3.33. The third-order valence-electron chi connectivity index (χ3n) is 5.18. The molecule has 0 atom stereocenters. The van der Waals surface area contributed by atoms with Crippen LogP contribution >= 0.6 is 15.9 Å². The molecule has 0 bridgehead atoms. The molecule has 3 rings (SSSR count). The summed E-state index contributed by atoms with van der Waals surface area (Å²) in [6, 6.07) is 17.5. The summed E-state index contributed by atoms with van der Waals surface area (Å²) in [5, 5.41) is 10.4. The smallest absolute Gasteiger partial charge is 0.475 e. The Morgan fingerprint density at radius 2 is 1.63 bits per heavy atom. The van der Waals surface area contributed by atoms with Crippen LogP contribution in [0.1, 0.15) is 22.3 Å². The number of benzene rings is 2. The molecule has 2 aromatic rings. The molecule has 2 amide bonds. The number of hydrogen-bond acceptors (Lipinski definition) is 4. The summed E-state index contributed by atoms with van der Waals surface area (Å²) in [4.78, 5) is 38.2. The van der Waals surface area contributed by atoms with Crippen molar-refractivity contribution in [2.24, 2.45) is 0 Å². The lowest BCUT2D eigenvalue weighted by atomic mass is 10.1. The van der Waals surface area contributed by atoms with Gasteiger partial charge < -0.3 is 20.2 Å². The summed E-state index contributed by atoms with van der Waals surface area (Å²) in [5.41, 5.74) is 1.82. The lowest BCUT2D eigenvalue weighted by Crippen LogP contribution is -2.47. The Kier molecular flexibility index (Phi) is 11.2. The zero-order chi connectivity index (χ0) is 25.8. The van der Waals surface area contributed by atoms with Crippen LogP contribution in [-0.4, -0.2) is 78.1 Å². The Morgan fingerprint density at radius 1 is 1.00 bits per heavy atom. The number of piperazine rings is 1. The summed E-state index contributed by atoms with van der Waals surface area (Å²) >= 11 is 3.43. The lowest BCUT2D eigenvalue weighted by Gasteiger charge is -2.29. The molecule has 190 valence electrons. The Bertz CT molecular complexity index is 983. The molecule has 2 N–H and O–H groups in total. The van der Waals surface area contributed by atoms with Gasteiger partial charge >= 0.3 is 12.1 Å². The van der Waals surface area contributed by atoms with Gasteiger partial charge in [-0.1, -0.05) is 52.3 Å². The maximum atomic E-state index is 13.1. The highest BCUT2D eigenvalue weighted by Gasteiger charge is 2.38. The van der Waals surface area contributed by atoms with Crippen molar-refractivity contribution in [2.75, 3.05) is 39.3 Å². The first-order chi connectivity index (χ1) is 16.6. The van der Waals surface area contributed by atoms with Crippen LogP contribution in [0, 0.1) is 0 Å². The van der Waals surface area contributed by atoms with Crippen LogP contribution in [0.4, 0.5) is 13.2 Å². The number of nitrogens with zero attached hydrogens (tertiary/aromatic N) is 2. The van der Waals surface area contributed by atoms with E-state index in [9.17, 15) is 22.8 Å². The van der Waals surface area contributed by atoms with E-state index in [-0.39, 0.29) is 11.8 Å². The monoisotopic (exact) mass is 557 g/mol. The minimum Gasteiger partial charge on any atom is -0.475 e. The minimum absolute atomic E-state index is 0.0367. The Hall–Kier alpha value is -2.92. The average molecular weight is 558 g/mol. The van der Waals surface area contributed by atoms with Gasteiger partial charge in [-0.05, 0) is 30.2 Å². The standard InChI is InChI=1S/C22H26BrN3O2.C2HF3O2/c23-20-8-4-7-19(17-20)22(28)26(13-9-18-5-2-1-3-6-18)14-10-21(27)25-15-11-24-12-16-25;3-2(4,5)1(6)7/h1-8,17,24H,9-16H2;(H,6,7). The number of carbonyl (C=O) groups excluding carboxylic acids is 2. The molecule has 0 aliphatic carbocycles. The van der Waals surface area contributed by atoms with E-state index in [1.165, 1.54) is 5.56 Å². The fourth-order valence-corrected chi connectivity index (χ4v) is 3.73. The van der Waals surface area contributed by atoms with Gasteiger partial charge in [-0.25, -0.2) is 4.79 Å². The van der Waals surface area contributed by atoms with E-state index in [1.54, 1.807) is 4.90 Å². The van der Waals surface area contributed by atoms with Crippen LogP contribution in [-0.2, 0) is 16.0 Å². The summed E-state index contributed by atoms with van der Waals surface area (Å²) in [5.74, 6) is -2.67. The second-order valence-electron chi connectivity index (χ2n) is 7.72. The molecule has 11 heteroatoms. The van der Waals surface area contributed by atoms with Crippen molar-refractivity contribution in [2.45, 2.75) is 19.0 Å². The first kappa shape index (κ1) is 28.3. The Morgan fingerprint density at radius 3 is 2.20 bits per heavy atom. The molecule has 0 unspecified atom stereocenters. The third kappa shape index (κ3) is 10.1. The number of carboxylic acids is 1. The second kappa shape index (κ2) is 13.8. The van der Waals surface area contributed by atoms with Gasteiger partial charge in [-0.2, -0.15) is 13.2 Å². The van der Waals surface area contributed by atoms with Crippen LogP contribution in [0.3, 0.4) is 0 Å². The predicted molar refractivity (Wildman–Crippen MR) is 128 cm³/mol. The van der Waals surface area contributed by atoms with Gasteiger partial charge in [-0.3, -0.25) is 9.59 Å². The molecule has 2 aromatic carbocycles. The number of carboxylic acid groups (broad SMARTS) is 1. The molecule has 35 heavy (non-hydrogen) atoms. The topological polar surface area (TPSA) is 90.0 Å². The number of nitrogens with one attached hydrogen (secondary N) is 1. The van der Waals surface area contributed by atoms with Crippen molar-refractivity contribution in [3.05, 3.63) is 70.2 Å². The van der Waals surface area contributed by atoms with E-state index >= 15 is 0 Å². The normalized spacial score (nSPS) is 13.4. The van der Waals surface area contributed by atoms with E-state index in [2.05, 4.69) is 33.4 Å². The van der Waals surface area contributed by atoms with E-state index in [0.717, 1.165) is 37.1 Å². The van der Waals surface area contributed by atoms with Crippen molar-refractivity contribution >= 4 is 33.7 Å². The van der Waals surface area contributed by atoms with Gasteiger partial charge in [-0.15, -0.1) is 0 Å². The van der Waals surface area contributed by atoms with Crippen LogP contribution in [0.5, 0.6) is 0 Å². The van der Waals surface area contributed by atoms with E-state index in [0.29, 0.717) is 25.1 Å². The zero-order valence-corrected chi connectivity index (χ0v) is 20.5. The van der Waals surface area contributed by atoms with Gasteiger partial charge in [0.1, 0.15) is 0 Å². The van der Waals surface area contributed by atoms with E-state index < -0.39 is 12.1 Å². The summed E-state index contributed by atoms with van der Waals surface area (Å²) in [6.07, 6.45) is -3.96. The van der Waals surface area contributed by atoms with Crippen LogP contribution in [0.25, 0.3) is 0 Å². The van der Waals surface area contributed by atoms with Crippen LogP contribution in [0.2, 0.25) is 0 Å². The number of amides is 2. The molecule has 0 aromatic heterocycles. The van der Waals surface area contributed by atoms with Gasteiger partial charge in [0.25, 0.3) is 5.91 Å². The number of rotatable bonds is 7. The number of hydrogen-bond donors (Lipinski definition) is 2. The quantitative estimate of drug-likeness (QED) is 0.543. The number of alkyl halides is 3. The molecule has 1 heterocycles. The lowest BCUT2D eigenvalue weighted by molar-refractivity contribution is -0.192. The molecule has 1 aliphatic heterocycles. The largest absolute Gasteiger partial charge is 0.490 e. The van der Waals surface area contributed by atoms with Crippen molar-refractivity contribution < 1.29 is 32.7 Å². The first-order valence-electron chi connectivity index (χ1n) is 11.0. The highest BCUT2D eigenvalue weighted by molar-refractivity contribution is 9.10. The molecule has 0 spiro atoms. The molecular formula is C24H27BrF3N3O4. The molecule has 1 aliphatic rings. The maximum Gasteiger partial charge on any atom is 0.490 e. The highest BCUT2D eigenvalue weighted by atomic mass is 79.9. The zero-order valence-electron chi connectivity index (χ0n) is 18.9. The molecule has 1 saturated heterocycles. The Labute approximate surface area is 210 Å². The predicted octanol–water partition coefficient (Wildman–Crippen LogP) is 3.59. The molecule has 0 radical (unpaired) electrons. The van der Waals surface area contributed by atoms with E-state index in [1.807, 2.05) is 47.4 Å².